The van der Waals surface area contributed by atoms with Crippen molar-refractivity contribution in [2.45, 2.75) is 6.42 Å². The number of carbonyl (C=O) groups excluding carboxylic acids is 1. The molecule has 0 spiro atoms. The lowest BCUT2D eigenvalue weighted by atomic mass is 9.98. The molecule has 3 aromatic rings. The van der Waals surface area contributed by atoms with Gasteiger partial charge in [0.05, 0.1) is 12.7 Å². The number of methoxy groups -OCH3 is 1. The molecule has 0 unspecified atom stereocenters. The predicted octanol–water partition coefficient (Wildman–Crippen LogP) is 3.78. The fraction of sp³-hybridized carbons (Fsp3) is 0.190. The molecule has 1 amide bonds. The highest BCUT2D eigenvalue weighted by atomic mass is 16.5. The maximum atomic E-state index is 11.6. The molecule has 1 aromatic carbocycles. The number of rotatable bonds is 3. The smallest absolute Gasteiger partial charge is 0.407 e. The topological polar surface area (TPSA) is 95.5 Å². The maximum Gasteiger partial charge on any atom is 0.407 e. The Labute approximate surface area is 161 Å². The number of pyridine rings is 1. The minimum atomic E-state index is -0.895. The number of benzene rings is 1. The van der Waals surface area contributed by atoms with Crippen LogP contribution in [0.3, 0.4) is 0 Å². The molecule has 142 valence electrons. The van der Waals surface area contributed by atoms with Gasteiger partial charge in [0, 0.05) is 42.0 Å². The van der Waals surface area contributed by atoms with E-state index in [2.05, 4.69) is 16.0 Å². The zero-order valence-corrected chi connectivity index (χ0v) is 15.3. The molecule has 2 aromatic heterocycles. The summed E-state index contributed by atoms with van der Waals surface area (Å²) < 4.78 is 4.73. The standard InChI is InChI=1S/C21H19N3O4/c1-28-20(25)15-4-2-13(3-5-15)16-10-17-18(12-23-19(17)22-11-16)14-6-8-24(9-7-14)21(26)27/h2-6,10-12H,7-9H2,1H3,(H,22,23)(H,26,27). The molecule has 7 heteroatoms. The van der Waals surface area contributed by atoms with Crippen molar-refractivity contribution in [2.24, 2.45) is 0 Å². The summed E-state index contributed by atoms with van der Waals surface area (Å²) >= 11 is 0. The van der Waals surface area contributed by atoms with Crippen LogP contribution < -0.4 is 0 Å². The number of nitrogens with one attached hydrogen (secondary N) is 1. The average Bonchev–Trinajstić information content (AvgIpc) is 3.16. The first kappa shape index (κ1) is 17.8. The molecule has 28 heavy (non-hydrogen) atoms. The average molecular weight is 377 g/mol. The minimum absolute atomic E-state index is 0.368. The van der Waals surface area contributed by atoms with Crippen LogP contribution in [0.15, 0.2) is 48.8 Å². The van der Waals surface area contributed by atoms with E-state index in [0.29, 0.717) is 25.1 Å². The molecule has 3 heterocycles. The van der Waals surface area contributed by atoms with Gasteiger partial charge in [-0.05, 0) is 35.8 Å². The Kier molecular flexibility index (Phi) is 4.57. The van der Waals surface area contributed by atoms with Crippen LogP contribution in [0.4, 0.5) is 4.79 Å². The van der Waals surface area contributed by atoms with Crippen molar-refractivity contribution in [1.29, 1.82) is 0 Å². The Balaban J connectivity index is 1.67. The third-order valence-corrected chi connectivity index (χ3v) is 5.00. The number of fused-ring (bicyclic) bond motifs is 1. The second-order valence-electron chi connectivity index (χ2n) is 6.60. The van der Waals surface area contributed by atoms with E-state index in [-0.39, 0.29) is 5.97 Å². The number of H-pyrrole nitrogens is 1. The van der Waals surface area contributed by atoms with Crippen LogP contribution >= 0.6 is 0 Å². The molecule has 7 nitrogen and oxygen atoms in total. The van der Waals surface area contributed by atoms with Crippen molar-refractivity contribution in [3.05, 3.63) is 59.9 Å². The Morgan fingerprint density at radius 1 is 1.21 bits per heavy atom. The summed E-state index contributed by atoms with van der Waals surface area (Å²) in [4.78, 5) is 31.8. The maximum absolute atomic E-state index is 11.6. The van der Waals surface area contributed by atoms with Gasteiger partial charge in [0.15, 0.2) is 0 Å². The highest BCUT2D eigenvalue weighted by Gasteiger charge is 2.19. The monoisotopic (exact) mass is 377 g/mol. The van der Waals surface area contributed by atoms with Gasteiger partial charge in [0.1, 0.15) is 5.65 Å². The fourth-order valence-electron chi connectivity index (χ4n) is 3.43. The lowest BCUT2D eigenvalue weighted by Gasteiger charge is -2.23. The van der Waals surface area contributed by atoms with Crippen LogP contribution in [-0.4, -0.2) is 52.2 Å². The van der Waals surface area contributed by atoms with E-state index in [1.165, 1.54) is 12.0 Å². The molecule has 0 bridgehead atoms. The van der Waals surface area contributed by atoms with Gasteiger partial charge >= 0.3 is 12.1 Å². The summed E-state index contributed by atoms with van der Waals surface area (Å²) in [5.41, 5.74) is 5.32. The number of ether oxygens (including phenoxy) is 1. The van der Waals surface area contributed by atoms with Crippen molar-refractivity contribution in [3.63, 3.8) is 0 Å². The summed E-state index contributed by atoms with van der Waals surface area (Å²) in [6, 6.07) is 9.25. The Morgan fingerprint density at radius 3 is 2.64 bits per heavy atom. The van der Waals surface area contributed by atoms with Gasteiger partial charge in [-0.2, -0.15) is 0 Å². The molecule has 1 aliphatic rings. The summed E-state index contributed by atoms with van der Waals surface area (Å²) in [7, 11) is 1.36. The highest BCUT2D eigenvalue weighted by molar-refractivity contribution is 5.94. The van der Waals surface area contributed by atoms with Gasteiger partial charge in [-0.3, -0.25) is 0 Å². The second kappa shape index (κ2) is 7.19. The van der Waals surface area contributed by atoms with Gasteiger partial charge in [-0.1, -0.05) is 18.2 Å². The van der Waals surface area contributed by atoms with Crippen molar-refractivity contribution < 1.29 is 19.4 Å². The number of hydrogen-bond acceptors (Lipinski definition) is 4. The van der Waals surface area contributed by atoms with Crippen molar-refractivity contribution in [2.75, 3.05) is 20.2 Å². The van der Waals surface area contributed by atoms with E-state index in [4.69, 9.17) is 9.84 Å². The first-order valence-corrected chi connectivity index (χ1v) is 8.90. The zero-order valence-electron chi connectivity index (χ0n) is 15.3. The van der Waals surface area contributed by atoms with E-state index >= 15 is 0 Å². The van der Waals surface area contributed by atoms with E-state index in [1.54, 1.807) is 18.3 Å². The zero-order chi connectivity index (χ0) is 19.7. The van der Waals surface area contributed by atoms with Gasteiger partial charge < -0.3 is 19.7 Å². The third kappa shape index (κ3) is 3.22. The lowest BCUT2D eigenvalue weighted by molar-refractivity contribution is 0.0600. The summed E-state index contributed by atoms with van der Waals surface area (Å²) in [5, 5.41) is 10.1. The number of carboxylic acid groups (broad SMARTS) is 1. The van der Waals surface area contributed by atoms with Gasteiger partial charge in [0.25, 0.3) is 0 Å². The van der Waals surface area contributed by atoms with Crippen molar-refractivity contribution in [1.82, 2.24) is 14.9 Å². The molecular formula is C21H19N3O4. The largest absolute Gasteiger partial charge is 0.465 e. The van der Waals surface area contributed by atoms with E-state index in [0.717, 1.165) is 33.3 Å². The molecular weight excluding hydrogens is 358 g/mol. The molecule has 0 fully saturated rings. The van der Waals surface area contributed by atoms with Crippen LogP contribution in [0.25, 0.3) is 27.7 Å². The van der Waals surface area contributed by atoms with Crippen LogP contribution in [0.5, 0.6) is 0 Å². The quantitative estimate of drug-likeness (QED) is 0.677. The van der Waals surface area contributed by atoms with E-state index < -0.39 is 6.09 Å². The number of aromatic amines is 1. The first-order valence-electron chi connectivity index (χ1n) is 8.90. The molecule has 4 rings (SSSR count). The molecule has 1 aliphatic heterocycles. The third-order valence-electron chi connectivity index (χ3n) is 5.00. The molecule has 2 N–H and O–H groups in total. The Hall–Kier alpha value is -3.61. The Morgan fingerprint density at radius 2 is 2.00 bits per heavy atom. The summed E-state index contributed by atoms with van der Waals surface area (Å²) in [5.74, 6) is -0.368. The number of aromatic nitrogens is 2. The molecule has 0 saturated heterocycles. The summed E-state index contributed by atoms with van der Waals surface area (Å²) in [6.45, 7) is 0.870. The molecule has 0 aliphatic carbocycles. The number of carbonyl (C=O) groups is 2. The van der Waals surface area contributed by atoms with Gasteiger partial charge in [0.2, 0.25) is 0 Å². The second-order valence-corrected chi connectivity index (χ2v) is 6.60. The van der Waals surface area contributed by atoms with Gasteiger partial charge in [-0.25, -0.2) is 14.6 Å². The highest BCUT2D eigenvalue weighted by Crippen LogP contribution is 2.31. The predicted molar refractivity (Wildman–Crippen MR) is 105 cm³/mol. The van der Waals surface area contributed by atoms with Crippen molar-refractivity contribution >= 4 is 28.7 Å². The van der Waals surface area contributed by atoms with Crippen LogP contribution in [0, 0.1) is 0 Å². The minimum Gasteiger partial charge on any atom is -0.465 e. The number of nitrogens with zero attached hydrogens (tertiary/aromatic N) is 2. The SMILES string of the molecule is COC(=O)c1ccc(-c2cnc3[nH]cc(C4=CCN(C(=O)O)CC4)c3c2)cc1. The number of hydrogen-bond donors (Lipinski definition) is 2. The van der Waals surface area contributed by atoms with E-state index in [1.807, 2.05) is 24.4 Å². The van der Waals surface area contributed by atoms with Crippen molar-refractivity contribution in [3.8, 4) is 11.1 Å². The lowest BCUT2D eigenvalue weighted by Crippen LogP contribution is -2.33. The van der Waals surface area contributed by atoms with Crippen LogP contribution in [0.1, 0.15) is 22.3 Å². The Bertz CT molecular complexity index is 1080. The summed E-state index contributed by atoms with van der Waals surface area (Å²) in [6.07, 6.45) is 5.44. The number of amides is 1. The van der Waals surface area contributed by atoms with Crippen LogP contribution in [-0.2, 0) is 4.74 Å². The van der Waals surface area contributed by atoms with Crippen LogP contribution in [0.2, 0.25) is 0 Å². The molecule has 0 radical (unpaired) electrons. The normalized spacial score (nSPS) is 14.0. The molecule has 0 saturated carbocycles. The fourth-order valence-corrected chi connectivity index (χ4v) is 3.43. The number of esters is 1. The first-order chi connectivity index (χ1) is 13.6. The van der Waals surface area contributed by atoms with Gasteiger partial charge in [-0.15, -0.1) is 0 Å². The molecule has 0 atom stereocenters. The van der Waals surface area contributed by atoms with E-state index in [9.17, 15) is 9.59 Å².